The molecule has 10 aromatic carbocycles. The number of nitrogens with zero attached hydrogens (tertiary/aromatic N) is 3. The summed E-state index contributed by atoms with van der Waals surface area (Å²) in [7, 11) is 0. The predicted octanol–water partition coefficient (Wildman–Crippen LogP) is 13.3. The van der Waals surface area contributed by atoms with Gasteiger partial charge in [0.05, 0.1) is 22.1 Å². The molecule has 0 unspecified atom stereocenters. The molecule has 0 atom stereocenters. The Morgan fingerprint density at radius 1 is 0.340 bits per heavy atom. The molecule has 0 aliphatic heterocycles. The second kappa shape index (κ2) is 10.7. The topological polar surface area (TPSA) is 30.7 Å². The first-order valence-electron chi connectivity index (χ1n) is 18.2. The second-order valence-electron chi connectivity index (χ2n) is 14.1. The van der Waals surface area contributed by atoms with Crippen LogP contribution in [0, 0.1) is 0 Å². The molecule has 0 amide bonds. The first-order valence-corrected chi connectivity index (χ1v) is 18.2. The van der Waals surface area contributed by atoms with E-state index in [2.05, 4.69) is 180 Å². The Morgan fingerprint density at radius 3 is 1.64 bits per heavy atom. The molecule has 12 aromatic rings. The van der Waals surface area contributed by atoms with E-state index in [0.717, 1.165) is 49.9 Å². The molecule has 0 saturated carbocycles. The van der Waals surface area contributed by atoms with E-state index >= 15 is 0 Å². The number of fused-ring (bicyclic) bond motifs is 16. The fourth-order valence-electron chi connectivity index (χ4n) is 8.96. The fraction of sp³-hybridized carbons (Fsp3) is 0. The van der Waals surface area contributed by atoms with Crippen LogP contribution in [-0.2, 0) is 0 Å². The van der Waals surface area contributed by atoms with Gasteiger partial charge in [-0.1, -0.05) is 152 Å². The largest absolute Gasteiger partial charge is 0.292 e. The van der Waals surface area contributed by atoms with Gasteiger partial charge in [0.25, 0.3) is 0 Å². The second-order valence-corrected chi connectivity index (χ2v) is 14.1. The van der Waals surface area contributed by atoms with Crippen molar-refractivity contribution >= 4 is 97.5 Å². The van der Waals surface area contributed by atoms with Crippen molar-refractivity contribution < 1.29 is 0 Å². The van der Waals surface area contributed by atoms with Crippen LogP contribution in [0.1, 0.15) is 0 Å². The molecule has 0 spiro atoms. The third kappa shape index (κ3) is 3.99. The lowest BCUT2D eigenvalue weighted by Crippen LogP contribution is -2.04. The average molecular weight is 672 g/mol. The lowest BCUT2D eigenvalue weighted by atomic mass is 9.91. The lowest BCUT2D eigenvalue weighted by molar-refractivity contribution is 1.08. The number of aromatic nitrogens is 3. The quantitative estimate of drug-likeness (QED) is 0.171. The van der Waals surface area contributed by atoms with Crippen LogP contribution in [0.4, 0.5) is 0 Å². The van der Waals surface area contributed by atoms with E-state index < -0.39 is 0 Å². The number of benzene rings is 10. The molecule has 0 radical (unpaired) electrons. The zero-order valence-corrected chi connectivity index (χ0v) is 28.6. The van der Waals surface area contributed by atoms with E-state index in [0.29, 0.717) is 0 Å². The summed E-state index contributed by atoms with van der Waals surface area (Å²) in [5, 5.41) is 17.1. The van der Waals surface area contributed by atoms with Gasteiger partial charge in [0, 0.05) is 27.1 Å². The molecule has 0 bridgehead atoms. The molecule has 0 N–H and O–H groups in total. The van der Waals surface area contributed by atoms with Gasteiger partial charge in [-0.25, -0.2) is 9.97 Å². The fourth-order valence-corrected chi connectivity index (χ4v) is 8.96. The van der Waals surface area contributed by atoms with Crippen molar-refractivity contribution in [1.82, 2.24) is 14.5 Å². The highest BCUT2D eigenvalue weighted by Crippen LogP contribution is 2.46. The minimum Gasteiger partial charge on any atom is -0.292 e. The molecular weight excluding hydrogens is 643 g/mol. The van der Waals surface area contributed by atoms with Crippen LogP contribution in [-0.4, -0.2) is 14.5 Å². The number of rotatable bonds is 2. The van der Waals surface area contributed by atoms with Crippen molar-refractivity contribution in [2.24, 2.45) is 0 Å². The van der Waals surface area contributed by atoms with Crippen LogP contribution in [0.3, 0.4) is 0 Å². The molecule has 53 heavy (non-hydrogen) atoms. The van der Waals surface area contributed by atoms with Gasteiger partial charge in [-0.15, -0.1) is 0 Å². The molecule has 244 valence electrons. The van der Waals surface area contributed by atoms with Gasteiger partial charge in [0.2, 0.25) is 0 Å². The molecule has 12 rings (SSSR count). The summed E-state index contributed by atoms with van der Waals surface area (Å²) in [6.45, 7) is 0. The number of hydrogen-bond donors (Lipinski definition) is 0. The van der Waals surface area contributed by atoms with Crippen LogP contribution < -0.4 is 0 Å². The van der Waals surface area contributed by atoms with Crippen LogP contribution in [0.15, 0.2) is 176 Å². The van der Waals surface area contributed by atoms with E-state index in [9.17, 15) is 0 Å². The standard InChI is InChI=1S/C50H29N3/c1-2-14-33-29-34(22-21-30(33)11-1)48-50(51-42-26-23-32-13-4-6-16-36(32)49(42)52-48)53-43-27-24-31-12-3-5-15-35(31)46(43)47-44(53)28-25-41-39-19-8-7-17-37(39)38-18-9-10-20-40(38)45(41)47/h1-29H. The highest BCUT2D eigenvalue weighted by atomic mass is 15.1. The van der Waals surface area contributed by atoms with Crippen molar-refractivity contribution in [3.05, 3.63) is 176 Å². The van der Waals surface area contributed by atoms with Crippen LogP contribution >= 0.6 is 0 Å². The molecule has 0 aliphatic rings. The van der Waals surface area contributed by atoms with Gasteiger partial charge in [-0.2, -0.15) is 0 Å². The van der Waals surface area contributed by atoms with Gasteiger partial charge < -0.3 is 0 Å². The van der Waals surface area contributed by atoms with Gasteiger partial charge in [-0.3, -0.25) is 4.57 Å². The molecule has 0 saturated heterocycles. The van der Waals surface area contributed by atoms with E-state index in [4.69, 9.17) is 9.97 Å². The summed E-state index contributed by atoms with van der Waals surface area (Å²) in [6, 6.07) is 63.6. The van der Waals surface area contributed by atoms with Crippen molar-refractivity contribution in [3.63, 3.8) is 0 Å². The third-order valence-electron chi connectivity index (χ3n) is 11.3. The minimum absolute atomic E-state index is 0.822. The Bertz CT molecular complexity index is 3480. The smallest absolute Gasteiger partial charge is 0.165 e. The molecule has 2 heterocycles. The van der Waals surface area contributed by atoms with Crippen LogP contribution in [0.25, 0.3) is 115 Å². The number of hydrogen-bond acceptors (Lipinski definition) is 2. The Hall–Kier alpha value is -7.10. The lowest BCUT2D eigenvalue weighted by Gasteiger charge is -2.16. The third-order valence-corrected chi connectivity index (χ3v) is 11.3. The minimum atomic E-state index is 0.822. The Morgan fingerprint density at radius 2 is 0.868 bits per heavy atom. The summed E-state index contributed by atoms with van der Waals surface area (Å²) >= 11 is 0. The van der Waals surface area contributed by atoms with Crippen molar-refractivity contribution in [2.45, 2.75) is 0 Å². The molecule has 3 nitrogen and oxygen atoms in total. The van der Waals surface area contributed by atoms with E-state index in [1.54, 1.807) is 0 Å². The Balaban J connectivity index is 1.32. The zero-order chi connectivity index (χ0) is 34.6. The van der Waals surface area contributed by atoms with Gasteiger partial charge >= 0.3 is 0 Å². The first kappa shape index (κ1) is 28.6. The maximum Gasteiger partial charge on any atom is 0.165 e. The normalized spacial score (nSPS) is 12.2. The summed E-state index contributed by atoms with van der Waals surface area (Å²) in [5.41, 5.74) is 5.89. The summed E-state index contributed by atoms with van der Waals surface area (Å²) < 4.78 is 2.38. The van der Waals surface area contributed by atoms with Gasteiger partial charge in [0.1, 0.15) is 5.69 Å². The summed E-state index contributed by atoms with van der Waals surface area (Å²) in [4.78, 5) is 11.2. The highest BCUT2D eigenvalue weighted by molar-refractivity contribution is 6.37. The van der Waals surface area contributed by atoms with Gasteiger partial charge in [-0.05, 0) is 78.1 Å². The van der Waals surface area contributed by atoms with E-state index in [-0.39, 0.29) is 0 Å². The molecule has 0 fully saturated rings. The molecule has 2 aromatic heterocycles. The Kier molecular flexibility index (Phi) is 5.77. The predicted molar refractivity (Wildman–Crippen MR) is 224 cm³/mol. The molecule has 0 aliphatic carbocycles. The maximum atomic E-state index is 5.60. The van der Waals surface area contributed by atoms with Crippen LogP contribution in [0.2, 0.25) is 0 Å². The van der Waals surface area contributed by atoms with Crippen molar-refractivity contribution in [2.75, 3.05) is 0 Å². The SMILES string of the molecule is c1ccc2cc(-c3nc4c(ccc5ccccc54)nc3-n3c4ccc5ccccc5c4c4c5c6ccccc6c6ccccc6c5ccc43)ccc2c1. The monoisotopic (exact) mass is 671 g/mol. The maximum absolute atomic E-state index is 5.60. The van der Waals surface area contributed by atoms with Crippen LogP contribution in [0.5, 0.6) is 0 Å². The highest BCUT2D eigenvalue weighted by Gasteiger charge is 2.24. The van der Waals surface area contributed by atoms with E-state index in [1.807, 2.05) is 0 Å². The van der Waals surface area contributed by atoms with Crippen molar-refractivity contribution in [1.29, 1.82) is 0 Å². The summed E-state index contributed by atoms with van der Waals surface area (Å²) in [5.74, 6) is 0.822. The van der Waals surface area contributed by atoms with Gasteiger partial charge in [0.15, 0.2) is 5.82 Å². The first-order chi connectivity index (χ1) is 26.3. The van der Waals surface area contributed by atoms with E-state index in [1.165, 1.54) is 64.6 Å². The Labute approximate surface area is 304 Å². The average Bonchev–Trinajstić information content (AvgIpc) is 3.58. The zero-order valence-electron chi connectivity index (χ0n) is 28.6. The summed E-state index contributed by atoms with van der Waals surface area (Å²) in [6.07, 6.45) is 0. The molecule has 3 heteroatoms. The van der Waals surface area contributed by atoms with Crippen molar-refractivity contribution in [3.8, 4) is 17.1 Å². The molecular formula is C50H29N3.